The van der Waals surface area contributed by atoms with Crippen LogP contribution in [0.25, 0.3) is 0 Å². The number of benzene rings is 2. The number of rotatable bonds is 7. The molecule has 7 nitrogen and oxygen atoms in total. The summed E-state index contributed by atoms with van der Waals surface area (Å²) >= 11 is 1.19. The molecule has 2 N–H and O–H groups in total. The quantitative estimate of drug-likeness (QED) is 0.556. The van der Waals surface area contributed by atoms with Crippen LogP contribution in [-0.2, 0) is 9.59 Å². The summed E-state index contributed by atoms with van der Waals surface area (Å²) in [7, 11) is 0. The molecule has 3 rings (SSSR count). The fourth-order valence-corrected chi connectivity index (χ4v) is 3.42. The summed E-state index contributed by atoms with van der Waals surface area (Å²) in [5.74, 6) is 0.0696. The van der Waals surface area contributed by atoms with Crippen molar-refractivity contribution in [1.82, 2.24) is 5.32 Å². The van der Waals surface area contributed by atoms with Gasteiger partial charge in [-0.15, -0.1) is 5.10 Å². The Morgan fingerprint density at radius 2 is 1.96 bits per heavy atom. The highest BCUT2D eigenvalue weighted by atomic mass is 32.2. The second-order valence-corrected chi connectivity index (χ2v) is 7.03. The number of amidine groups is 1. The molecule has 8 heteroatoms. The normalized spacial score (nSPS) is 17.7. The molecule has 2 aromatic carbocycles. The van der Waals surface area contributed by atoms with Gasteiger partial charge < -0.3 is 15.4 Å². The van der Waals surface area contributed by atoms with Crippen molar-refractivity contribution in [2.75, 3.05) is 11.9 Å². The standard InChI is InChI=1S/C20H20N4O3S/c1-2-27-16-11-7-6-10-15(16)22-18(25)12-17-19(26)23-20(28-17)24-21-13-14-8-4-3-5-9-14/h3-11,13,17H,2,12H2,1H3,(H,22,25)(H,23,24,26)/b21-13+. The summed E-state index contributed by atoms with van der Waals surface area (Å²) in [5.41, 5.74) is 1.49. The molecule has 1 saturated heterocycles. The number of thioether (sulfide) groups is 1. The van der Waals surface area contributed by atoms with Gasteiger partial charge in [0.05, 0.1) is 18.5 Å². The van der Waals surface area contributed by atoms with Crippen molar-refractivity contribution in [3.63, 3.8) is 0 Å². The highest BCUT2D eigenvalue weighted by Crippen LogP contribution is 2.26. The van der Waals surface area contributed by atoms with E-state index >= 15 is 0 Å². The lowest BCUT2D eigenvalue weighted by molar-refractivity contribution is -0.122. The second kappa shape index (κ2) is 9.70. The average Bonchev–Trinajstić information content (AvgIpc) is 3.03. The first-order chi connectivity index (χ1) is 13.7. The zero-order valence-electron chi connectivity index (χ0n) is 15.3. The van der Waals surface area contributed by atoms with Crippen LogP contribution in [0, 0.1) is 0 Å². The smallest absolute Gasteiger partial charge is 0.240 e. The van der Waals surface area contributed by atoms with Crippen LogP contribution in [-0.4, -0.2) is 35.1 Å². The van der Waals surface area contributed by atoms with E-state index in [2.05, 4.69) is 20.8 Å². The molecule has 1 aliphatic rings. The summed E-state index contributed by atoms with van der Waals surface area (Å²) in [4.78, 5) is 24.5. The maximum atomic E-state index is 12.3. The van der Waals surface area contributed by atoms with Crippen LogP contribution < -0.4 is 15.4 Å². The van der Waals surface area contributed by atoms with Crippen LogP contribution in [0.3, 0.4) is 0 Å². The fourth-order valence-electron chi connectivity index (χ4n) is 2.49. The van der Waals surface area contributed by atoms with E-state index in [1.54, 1.807) is 18.3 Å². The van der Waals surface area contributed by atoms with Crippen molar-refractivity contribution in [3.05, 3.63) is 60.2 Å². The van der Waals surface area contributed by atoms with Gasteiger partial charge in [-0.05, 0) is 24.6 Å². The Hall–Kier alpha value is -3.13. The van der Waals surface area contributed by atoms with Gasteiger partial charge in [-0.25, -0.2) is 0 Å². The number of amides is 2. The SMILES string of the molecule is CCOc1ccccc1NC(=O)CC1S/C(=N/N=C/c2ccccc2)NC1=O. The molecule has 1 atom stereocenters. The van der Waals surface area contributed by atoms with Gasteiger partial charge in [0.2, 0.25) is 11.8 Å². The second-order valence-electron chi connectivity index (χ2n) is 5.84. The molecular formula is C20H20N4O3S. The molecule has 0 spiro atoms. The third-order valence-corrected chi connectivity index (χ3v) is 4.84. The number of para-hydroxylation sites is 2. The summed E-state index contributed by atoms with van der Waals surface area (Å²) < 4.78 is 5.49. The van der Waals surface area contributed by atoms with Crippen molar-refractivity contribution >= 4 is 40.6 Å². The highest BCUT2D eigenvalue weighted by molar-refractivity contribution is 8.15. The van der Waals surface area contributed by atoms with Crippen LogP contribution >= 0.6 is 11.8 Å². The number of nitrogens with one attached hydrogen (secondary N) is 2. The molecule has 0 aliphatic carbocycles. The third-order valence-electron chi connectivity index (χ3n) is 3.76. The van der Waals surface area contributed by atoms with Crippen LogP contribution in [0.15, 0.2) is 64.8 Å². The zero-order chi connectivity index (χ0) is 19.8. The monoisotopic (exact) mass is 396 g/mol. The minimum Gasteiger partial charge on any atom is -0.492 e. The Labute approximate surface area is 167 Å². The summed E-state index contributed by atoms with van der Waals surface area (Å²) in [6.07, 6.45) is 1.63. The van der Waals surface area contributed by atoms with Crippen molar-refractivity contribution in [2.45, 2.75) is 18.6 Å². The molecule has 28 heavy (non-hydrogen) atoms. The highest BCUT2D eigenvalue weighted by Gasteiger charge is 2.32. The van der Waals surface area contributed by atoms with Gasteiger partial charge in [-0.3, -0.25) is 9.59 Å². The van der Waals surface area contributed by atoms with Crippen LogP contribution in [0.2, 0.25) is 0 Å². The number of carbonyl (C=O) groups is 2. The largest absolute Gasteiger partial charge is 0.492 e. The van der Waals surface area contributed by atoms with Crippen molar-refractivity contribution < 1.29 is 14.3 Å². The van der Waals surface area contributed by atoms with Gasteiger partial charge in [0, 0.05) is 6.42 Å². The first-order valence-electron chi connectivity index (χ1n) is 8.81. The van der Waals surface area contributed by atoms with E-state index in [4.69, 9.17) is 4.74 Å². The van der Waals surface area contributed by atoms with Gasteiger partial charge in [0.1, 0.15) is 11.0 Å². The Bertz CT molecular complexity index is 899. The average molecular weight is 396 g/mol. The lowest BCUT2D eigenvalue weighted by Gasteiger charge is -2.12. The van der Waals surface area contributed by atoms with Crippen molar-refractivity contribution in [2.24, 2.45) is 10.2 Å². The number of ether oxygens (including phenoxy) is 1. The topological polar surface area (TPSA) is 92.2 Å². The van der Waals surface area contributed by atoms with E-state index < -0.39 is 5.25 Å². The minimum atomic E-state index is -0.551. The van der Waals surface area contributed by atoms with Crippen LogP contribution in [0.4, 0.5) is 5.69 Å². The van der Waals surface area contributed by atoms with Gasteiger partial charge in [-0.1, -0.05) is 54.2 Å². The molecule has 0 aromatic heterocycles. The predicted octanol–water partition coefficient (Wildman–Crippen LogP) is 3.04. The number of anilines is 1. The van der Waals surface area contributed by atoms with E-state index in [0.717, 1.165) is 5.56 Å². The third kappa shape index (κ3) is 5.43. The van der Waals surface area contributed by atoms with E-state index in [1.165, 1.54) is 11.8 Å². The van der Waals surface area contributed by atoms with Crippen molar-refractivity contribution in [3.8, 4) is 5.75 Å². The number of nitrogens with zero attached hydrogens (tertiary/aromatic N) is 2. The molecule has 2 aromatic rings. The Balaban J connectivity index is 1.56. The van der Waals surface area contributed by atoms with Crippen molar-refractivity contribution in [1.29, 1.82) is 0 Å². The molecule has 2 amide bonds. The maximum Gasteiger partial charge on any atom is 0.240 e. The number of carbonyl (C=O) groups excluding carboxylic acids is 2. The number of hydrogen-bond acceptors (Lipinski definition) is 6. The molecule has 1 heterocycles. The Kier molecular flexibility index (Phi) is 6.80. The molecule has 144 valence electrons. The Morgan fingerprint density at radius 3 is 2.75 bits per heavy atom. The summed E-state index contributed by atoms with van der Waals surface area (Å²) in [6, 6.07) is 16.7. The van der Waals surface area contributed by atoms with Crippen LogP contribution in [0.1, 0.15) is 18.9 Å². The zero-order valence-corrected chi connectivity index (χ0v) is 16.1. The molecule has 0 bridgehead atoms. The Morgan fingerprint density at radius 1 is 1.21 bits per heavy atom. The van der Waals surface area contributed by atoms with E-state index in [0.29, 0.717) is 23.2 Å². The van der Waals surface area contributed by atoms with Gasteiger partial charge in [-0.2, -0.15) is 5.10 Å². The molecule has 1 unspecified atom stereocenters. The first kappa shape index (κ1) is 19.6. The maximum absolute atomic E-state index is 12.3. The first-order valence-corrected chi connectivity index (χ1v) is 9.69. The molecule has 1 aliphatic heterocycles. The summed E-state index contributed by atoms with van der Waals surface area (Å²) in [5, 5.41) is 13.3. The lowest BCUT2D eigenvalue weighted by Crippen LogP contribution is -2.28. The van der Waals surface area contributed by atoms with E-state index in [9.17, 15) is 9.59 Å². The predicted molar refractivity (Wildman–Crippen MR) is 112 cm³/mol. The molecule has 0 saturated carbocycles. The van der Waals surface area contributed by atoms with Gasteiger partial charge >= 0.3 is 0 Å². The molecule has 0 radical (unpaired) electrons. The van der Waals surface area contributed by atoms with Gasteiger partial charge in [0.25, 0.3) is 0 Å². The molecule has 1 fully saturated rings. The lowest BCUT2D eigenvalue weighted by atomic mass is 10.2. The summed E-state index contributed by atoms with van der Waals surface area (Å²) in [6.45, 7) is 2.37. The molecular weight excluding hydrogens is 376 g/mol. The fraction of sp³-hybridized carbons (Fsp3) is 0.200. The van der Waals surface area contributed by atoms with E-state index in [1.807, 2.05) is 49.4 Å². The number of hydrogen-bond donors (Lipinski definition) is 2. The van der Waals surface area contributed by atoms with Gasteiger partial charge in [0.15, 0.2) is 5.17 Å². The van der Waals surface area contributed by atoms with E-state index in [-0.39, 0.29) is 18.2 Å². The minimum absolute atomic E-state index is 0.0262. The van der Waals surface area contributed by atoms with Crippen LogP contribution in [0.5, 0.6) is 5.75 Å².